The number of rotatable bonds is 9. The third-order valence-electron chi connectivity index (χ3n) is 4.64. The normalized spacial score (nSPS) is 12.2. The molecule has 30 heavy (non-hydrogen) atoms. The number of aryl methyl sites for hydroxylation is 1. The standard InChI is InChI=1S/C23H23N3O2S2/c1-17-9-10-20(30-17)15-26(14-19-8-5-12-28-19)16-21(27)25-22(23-24-11-13-29-23)18-6-3-2-4-7-18/h2-13,22H,14-16H2,1H3,(H,25,27). The van der Waals surface area contributed by atoms with Crippen LogP contribution in [0.15, 0.2) is 76.9 Å². The van der Waals surface area contributed by atoms with E-state index >= 15 is 0 Å². The number of hydrogen-bond donors (Lipinski definition) is 1. The molecule has 0 radical (unpaired) electrons. The van der Waals surface area contributed by atoms with Crippen LogP contribution in [0, 0.1) is 6.92 Å². The highest BCUT2D eigenvalue weighted by Gasteiger charge is 2.21. The number of thiazole rings is 1. The van der Waals surface area contributed by atoms with E-state index in [4.69, 9.17) is 4.42 Å². The molecule has 1 unspecified atom stereocenters. The molecule has 1 N–H and O–H groups in total. The van der Waals surface area contributed by atoms with Gasteiger partial charge in [0.1, 0.15) is 16.8 Å². The maximum atomic E-state index is 13.1. The molecule has 5 nitrogen and oxygen atoms in total. The summed E-state index contributed by atoms with van der Waals surface area (Å²) in [4.78, 5) is 22.1. The molecule has 4 aromatic rings. The van der Waals surface area contributed by atoms with Gasteiger partial charge in [-0.2, -0.15) is 0 Å². The number of thiophene rings is 1. The van der Waals surface area contributed by atoms with Crippen molar-refractivity contribution < 1.29 is 9.21 Å². The van der Waals surface area contributed by atoms with Crippen LogP contribution in [-0.4, -0.2) is 22.3 Å². The van der Waals surface area contributed by atoms with Gasteiger partial charge >= 0.3 is 0 Å². The highest BCUT2D eigenvalue weighted by molar-refractivity contribution is 7.11. The summed E-state index contributed by atoms with van der Waals surface area (Å²) in [5, 5.41) is 5.98. The van der Waals surface area contributed by atoms with Gasteiger partial charge in [0, 0.05) is 27.9 Å². The summed E-state index contributed by atoms with van der Waals surface area (Å²) in [5.41, 5.74) is 1.02. The molecule has 1 amide bonds. The van der Waals surface area contributed by atoms with Crippen molar-refractivity contribution in [2.24, 2.45) is 0 Å². The van der Waals surface area contributed by atoms with Crippen LogP contribution in [-0.2, 0) is 17.9 Å². The fourth-order valence-corrected chi connectivity index (χ4v) is 4.95. The zero-order chi connectivity index (χ0) is 20.8. The number of carbonyl (C=O) groups is 1. The van der Waals surface area contributed by atoms with Gasteiger partial charge in [-0.3, -0.25) is 9.69 Å². The van der Waals surface area contributed by atoms with Gasteiger partial charge in [-0.1, -0.05) is 30.3 Å². The fraction of sp³-hybridized carbons (Fsp3) is 0.217. The van der Waals surface area contributed by atoms with E-state index in [9.17, 15) is 4.79 Å². The van der Waals surface area contributed by atoms with Crippen molar-refractivity contribution in [2.45, 2.75) is 26.1 Å². The predicted molar refractivity (Wildman–Crippen MR) is 120 cm³/mol. The Morgan fingerprint density at radius 3 is 2.67 bits per heavy atom. The van der Waals surface area contributed by atoms with Crippen molar-refractivity contribution in [2.75, 3.05) is 6.54 Å². The van der Waals surface area contributed by atoms with E-state index in [0.29, 0.717) is 13.1 Å². The van der Waals surface area contributed by atoms with Gasteiger partial charge in [-0.15, -0.1) is 22.7 Å². The van der Waals surface area contributed by atoms with Gasteiger partial charge in [0.05, 0.1) is 19.4 Å². The Morgan fingerprint density at radius 2 is 2.00 bits per heavy atom. The summed E-state index contributed by atoms with van der Waals surface area (Å²) < 4.78 is 5.52. The lowest BCUT2D eigenvalue weighted by Crippen LogP contribution is -2.38. The van der Waals surface area contributed by atoms with E-state index in [2.05, 4.69) is 34.3 Å². The van der Waals surface area contributed by atoms with E-state index < -0.39 is 0 Å². The number of hydrogen-bond acceptors (Lipinski definition) is 6. The highest BCUT2D eigenvalue weighted by Crippen LogP contribution is 2.24. The second kappa shape index (κ2) is 9.84. The average Bonchev–Trinajstić information content (AvgIpc) is 3.51. The Morgan fingerprint density at radius 1 is 1.13 bits per heavy atom. The van der Waals surface area contributed by atoms with Crippen LogP contribution < -0.4 is 5.32 Å². The van der Waals surface area contributed by atoms with E-state index in [-0.39, 0.29) is 18.5 Å². The van der Waals surface area contributed by atoms with Crippen LogP contribution >= 0.6 is 22.7 Å². The maximum absolute atomic E-state index is 13.1. The van der Waals surface area contributed by atoms with Crippen molar-refractivity contribution in [1.29, 1.82) is 0 Å². The van der Waals surface area contributed by atoms with Crippen molar-refractivity contribution in [3.05, 3.63) is 98.5 Å². The molecule has 0 aliphatic heterocycles. The Balaban J connectivity index is 1.49. The van der Waals surface area contributed by atoms with Gasteiger partial charge in [0.25, 0.3) is 0 Å². The summed E-state index contributed by atoms with van der Waals surface area (Å²) in [6.07, 6.45) is 3.43. The van der Waals surface area contributed by atoms with Gasteiger partial charge in [0.2, 0.25) is 5.91 Å². The molecule has 0 saturated carbocycles. The summed E-state index contributed by atoms with van der Waals surface area (Å²) in [6, 6.07) is 17.7. The molecule has 4 rings (SSSR count). The minimum atomic E-state index is -0.256. The summed E-state index contributed by atoms with van der Waals surface area (Å²) in [6.45, 7) is 3.63. The smallest absolute Gasteiger partial charge is 0.235 e. The van der Waals surface area contributed by atoms with Crippen LogP contribution in [0.3, 0.4) is 0 Å². The first kappa shape index (κ1) is 20.5. The molecule has 7 heteroatoms. The van der Waals surface area contributed by atoms with Gasteiger partial charge in [-0.25, -0.2) is 4.98 Å². The molecule has 0 fully saturated rings. The molecule has 0 aliphatic rings. The molecule has 0 saturated heterocycles. The van der Waals surface area contributed by atoms with Crippen LogP contribution in [0.2, 0.25) is 0 Å². The first-order chi connectivity index (χ1) is 14.7. The molecule has 1 aromatic carbocycles. The van der Waals surface area contributed by atoms with E-state index in [0.717, 1.165) is 16.3 Å². The minimum Gasteiger partial charge on any atom is -0.468 e. The zero-order valence-corrected chi connectivity index (χ0v) is 18.3. The molecule has 0 spiro atoms. The quantitative estimate of drug-likeness (QED) is 0.400. The largest absolute Gasteiger partial charge is 0.468 e. The summed E-state index contributed by atoms with van der Waals surface area (Å²) in [7, 11) is 0. The van der Waals surface area contributed by atoms with Crippen LogP contribution in [0.5, 0.6) is 0 Å². The Hall–Kier alpha value is -2.74. The van der Waals surface area contributed by atoms with E-state index in [1.54, 1.807) is 35.1 Å². The first-order valence-corrected chi connectivity index (χ1v) is 11.4. The number of furan rings is 1. The van der Waals surface area contributed by atoms with E-state index in [1.807, 2.05) is 47.8 Å². The third kappa shape index (κ3) is 5.44. The number of amides is 1. The summed E-state index contributed by atoms with van der Waals surface area (Å²) in [5.74, 6) is 0.800. The molecule has 1 atom stereocenters. The maximum Gasteiger partial charge on any atom is 0.235 e. The molecular formula is C23H23N3O2S2. The second-order valence-corrected chi connectivity index (χ2v) is 9.32. The molecule has 3 aromatic heterocycles. The van der Waals surface area contributed by atoms with Crippen molar-refractivity contribution in [3.63, 3.8) is 0 Å². The number of nitrogens with one attached hydrogen (secondary N) is 1. The van der Waals surface area contributed by atoms with Crippen LogP contribution in [0.4, 0.5) is 0 Å². The van der Waals surface area contributed by atoms with E-state index in [1.165, 1.54) is 9.75 Å². The van der Waals surface area contributed by atoms with Crippen molar-refractivity contribution in [3.8, 4) is 0 Å². The number of benzene rings is 1. The van der Waals surface area contributed by atoms with Crippen LogP contribution in [0.25, 0.3) is 0 Å². The Bertz CT molecular complexity index is 1040. The number of aromatic nitrogens is 1. The monoisotopic (exact) mass is 437 g/mol. The second-order valence-electron chi connectivity index (χ2n) is 7.02. The molecule has 0 bridgehead atoms. The van der Waals surface area contributed by atoms with Gasteiger partial charge in [-0.05, 0) is 36.8 Å². The Labute approximate surface area is 184 Å². The van der Waals surface area contributed by atoms with Crippen LogP contribution in [0.1, 0.15) is 32.1 Å². The Kier molecular flexibility index (Phi) is 6.74. The van der Waals surface area contributed by atoms with Gasteiger partial charge < -0.3 is 9.73 Å². The minimum absolute atomic E-state index is 0.0427. The zero-order valence-electron chi connectivity index (χ0n) is 16.7. The predicted octanol–water partition coefficient (Wildman–Crippen LogP) is 5.01. The number of carbonyl (C=O) groups excluding carboxylic acids is 1. The number of nitrogens with zero attached hydrogens (tertiary/aromatic N) is 2. The molecule has 0 aliphatic carbocycles. The fourth-order valence-electron chi connectivity index (χ4n) is 3.30. The highest BCUT2D eigenvalue weighted by atomic mass is 32.1. The lowest BCUT2D eigenvalue weighted by atomic mass is 10.1. The molecule has 154 valence electrons. The first-order valence-electron chi connectivity index (χ1n) is 9.71. The molecular weight excluding hydrogens is 414 g/mol. The lowest BCUT2D eigenvalue weighted by molar-refractivity contribution is -0.123. The van der Waals surface area contributed by atoms with Crippen molar-refractivity contribution >= 4 is 28.6 Å². The molecule has 3 heterocycles. The topological polar surface area (TPSA) is 58.4 Å². The SMILES string of the molecule is Cc1ccc(CN(CC(=O)NC(c2ccccc2)c2nccs2)Cc2ccco2)s1. The average molecular weight is 438 g/mol. The van der Waals surface area contributed by atoms with Crippen molar-refractivity contribution in [1.82, 2.24) is 15.2 Å². The lowest BCUT2D eigenvalue weighted by Gasteiger charge is -2.23. The third-order valence-corrected chi connectivity index (χ3v) is 6.46. The van der Waals surface area contributed by atoms with Gasteiger partial charge in [0.15, 0.2) is 0 Å². The summed E-state index contributed by atoms with van der Waals surface area (Å²) >= 11 is 3.30.